The Labute approximate surface area is 73.2 Å². The largest absolute Gasteiger partial charge is 0.378 e. The molecule has 2 N–H and O–H groups in total. The van der Waals surface area contributed by atoms with Gasteiger partial charge in [0.05, 0.1) is 0 Å². The second kappa shape index (κ2) is 4.24. The molecule has 2 atom stereocenters. The first-order valence-electron chi connectivity index (χ1n) is 4.16. The third kappa shape index (κ3) is 2.06. The van der Waals surface area contributed by atoms with Crippen molar-refractivity contribution in [3.63, 3.8) is 0 Å². The summed E-state index contributed by atoms with van der Waals surface area (Å²) in [5.41, 5.74) is 1.15. The Morgan fingerprint density at radius 3 is 2.33 bits per heavy atom. The molecule has 12 heavy (non-hydrogen) atoms. The van der Waals surface area contributed by atoms with Crippen molar-refractivity contribution in [3.8, 4) is 0 Å². The number of hydrogen-bond donors (Lipinski definition) is 2. The minimum absolute atomic E-state index is 0.135. The highest BCUT2D eigenvalue weighted by molar-refractivity contribution is 5.19. The molecule has 0 unspecified atom stereocenters. The fraction of sp³-hybridized carbons (Fsp3) is 0.400. The number of rotatable bonds is 3. The van der Waals surface area contributed by atoms with Crippen molar-refractivity contribution in [1.82, 2.24) is 5.32 Å². The van der Waals surface area contributed by atoms with E-state index in [1.807, 2.05) is 37.3 Å². The monoisotopic (exact) mass is 165 g/mol. The highest BCUT2D eigenvalue weighted by atomic mass is 16.3. The molecule has 0 bridgehead atoms. The van der Waals surface area contributed by atoms with Crippen LogP contribution in [0.25, 0.3) is 0 Å². The van der Waals surface area contributed by atoms with Crippen molar-refractivity contribution in [1.29, 1.82) is 0 Å². The zero-order valence-electron chi connectivity index (χ0n) is 7.49. The van der Waals surface area contributed by atoms with Crippen LogP contribution in [0.15, 0.2) is 30.3 Å². The summed E-state index contributed by atoms with van der Waals surface area (Å²) in [5, 5.41) is 12.3. The molecule has 1 aromatic rings. The zero-order valence-corrected chi connectivity index (χ0v) is 7.49. The summed E-state index contributed by atoms with van der Waals surface area (Å²) in [6, 6.07) is 9.97. The van der Waals surface area contributed by atoms with Gasteiger partial charge in [0.25, 0.3) is 0 Å². The highest BCUT2D eigenvalue weighted by Crippen LogP contribution is 2.16. The summed E-state index contributed by atoms with van der Waals surface area (Å²) in [6.07, 6.45) is -0.465. The van der Waals surface area contributed by atoms with Crippen LogP contribution < -0.4 is 5.32 Å². The van der Waals surface area contributed by atoms with E-state index >= 15 is 0 Å². The molecular weight excluding hydrogens is 150 g/mol. The summed E-state index contributed by atoms with van der Waals surface area (Å²) < 4.78 is 0. The molecule has 0 saturated carbocycles. The number of benzene rings is 1. The second-order valence-corrected chi connectivity index (χ2v) is 2.93. The lowest BCUT2D eigenvalue weighted by molar-refractivity contribution is 0.122. The van der Waals surface area contributed by atoms with Gasteiger partial charge in [-0.3, -0.25) is 5.32 Å². The third-order valence-corrected chi connectivity index (χ3v) is 2.09. The molecule has 0 aliphatic heterocycles. The molecule has 66 valence electrons. The van der Waals surface area contributed by atoms with Crippen molar-refractivity contribution in [2.75, 3.05) is 7.05 Å². The van der Waals surface area contributed by atoms with Gasteiger partial charge >= 0.3 is 0 Å². The molecule has 0 aliphatic carbocycles. The minimum Gasteiger partial charge on any atom is -0.378 e. The van der Waals surface area contributed by atoms with Gasteiger partial charge in [0.15, 0.2) is 0 Å². The lowest BCUT2D eigenvalue weighted by Gasteiger charge is -2.17. The first-order valence-corrected chi connectivity index (χ1v) is 4.16. The summed E-state index contributed by atoms with van der Waals surface area (Å²) in [6.45, 7) is 2.00. The van der Waals surface area contributed by atoms with E-state index < -0.39 is 6.23 Å². The Morgan fingerprint density at radius 1 is 1.25 bits per heavy atom. The average molecular weight is 165 g/mol. The smallest absolute Gasteiger partial charge is 0.111 e. The van der Waals surface area contributed by atoms with E-state index in [4.69, 9.17) is 0 Å². The molecule has 2 nitrogen and oxygen atoms in total. The van der Waals surface area contributed by atoms with E-state index in [0.717, 1.165) is 5.56 Å². The van der Waals surface area contributed by atoms with Crippen molar-refractivity contribution in [3.05, 3.63) is 35.9 Å². The highest BCUT2D eigenvalue weighted by Gasteiger charge is 2.12. The molecule has 0 aromatic heterocycles. The van der Waals surface area contributed by atoms with Crippen LogP contribution in [0, 0.1) is 0 Å². The van der Waals surface area contributed by atoms with Gasteiger partial charge < -0.3 is 5.11 Å². The minimum atomic E-state index is -0.465. The first kappa shape index (κ1) is 9.23. The lowest BCUT2D eigenvalue weighted by atomic mass is 10.00. The molecular formula is C10H15NO. The molecule has 1 aromatic carbocycles. The molecule has 0 radical (unpaired) electrons. The Hall–Kier alpha value is -0.860. The van der Waals surface area contributed by atoms with Gasteiger partial charge in [-0.2, -0.15) is 0 Å². The normalized spacial score (nSPS) is 15.6. The van der Waals surface area contributed by atoms with Crippen LogP contribution >= 0.6 is 0 Å². The van der Waals surface area contributed by atoms with Gasteiger partial charge in [-0.15, -0.1) is 0 Å². The van der Waals surface area contributed by atoms with Crippen molar-refractivity contribution >= 4 is 0 Å². The maximum atomic E-state index is 9.47. The van der Waals surface area contributed by atoms with Crippen LogP contribution in [0.3, 0.4) is 0 Å². The van der Waals surface area contributed by atoms with Crippen molar-refractivity contribution in [2.45, 2.75) is 19.1 Å². The van der Waals surface area contributed by atoms with Gasteiger partial charge in [-0.05, 0) is 12.6 Å². The van der Waals surface area contributed by atoms with E-state index in [9.17, 15) is 5.11 Å². The number of aliphatic hydroxyl groups is 1. The van der Waals surface area contributed by atoms with E-state index in [2.05, 4.69) is 5.32 Å². The maximum absolute atomic E-state index is 9.47. The van der Waals surface area contributed by atoms with Crippen molar-refractivity contribution in [2.24, 2.45) is 0 Å². The Balaban J connectivity index is 2.71. The number of likely N-dealkylation sites (N-methyl/N-ethyl adjacent to an activating group) is 1. The third-order valence-electron chi connectivity index (χ3n) is 2.09. The fourth-order valence-electron chi connectivity index (χ4n) is 1.19. The van der Waals surface area contributed by atoms with Crippen LogP contribution in [-0.2, 0) is 0 Å². The topological polar surface area (TPSA) is 32.3 Å². The molecule has 1 rings (SSSR count). The first-order chi connectivity index (χ1) is 5.75. The molecule has 2 heteroatoms. The second-order valence-electron chi connectivity index (χ2n) is 2.93. The molecule has 0 spiro atoms. The summed E-state index contributed by atoms with van der Waals surface area (Å²) >= 11 is 0. The molecule has 0 amide bonds. The van der Waals surface area contributed by atoms with Crippen LogP contribution in [0.1, 0.15) is 18.4 Å². The predicted molar refractivity (Wildman–Crippen MR) is 49.9 cm³/mol. The zero-order chi connectivity index (χ0) is 8.97. The molecule has 0 saturated heterocycles. The SMILES string of the molecule is CN[C@H](O)[C@@H](C)c1ccccc1. The van der Waals surface area contributed by atoms with Crippen LogP contribution in [0.2, 0.25) is 0 Å². The van der Waals surface area contributed by atoms with Gasteiger partial charge in [-0.25, -0.2) is 0 Å². The van der Waals surface area contributed by atoms with Crippen LogP contribution in [0.5, 0.6) is 0 Å². The van der Waals surface area contributed by atoms with Crippen LogP contribution in [0.4, 0.5) is 0 Å². The van der Waals surface area contributed by atoms with E-state index in [1.54, 1.807) is 7.05 Å². The van der Waals surface area contributed by atoms with Gasteiger partial charge in [-0.1, -0.05) is 37.3 Å². The fourth-order valence-corrected chi connectivity index (χ4v) is 1.19. The predicted octanol–water partition coefficient (Wildman–Crippen LogP) is 1.33. The maximum Gasteiger partial charge on any atom is 0.111 e. The summed E-state index contributed by atoms with van der Waals surface area (Å²) in [5.74, 6) is 0.135. The van der Waals surface area contributed by atoms with Crippen LogP contribution in [-0.4, -0.2) is 18.4 Å². The molecule has 0 fully saturated rings. The Morgan fingerprint density at radius 2 is 1.83 bits per heavy atom. The van der Waals surface area contributed by atoms with E-state index in [1.165, 1.54) is 0 Å². The summed E-state index contributed by atoms with van der Waals surface area (Å²) in [4.78, 5) is 0. The van der Waals surface area contributed by atoms with E-state index in [0.29, 0.717) is 0 Å². The lowest BCUT2D eigenvalue weighted by Crippen LogP contribution is -2.29. The van der Waals surface area contributed by atoms with Gasteiger partial charge in [0.1, 0.15) is 6.23 Å². The standard InChI is InChI=1S/C10H15NO/c1-8(10(12)11-2)9-6-4-3-5-7-9/h3-8,10-12H,1-2H3/t8-,10+/m0/s1. The number of nitrogens with one attached hydrogen (secondary N) is 1. The van der Waals surface area contributed by atoms with Gasteiger partial charge in [0, 0.05) is 5.92 Å². The van der Waals surface area contributed by atoms with Gasteiger partial charge in [0.2, 0.25) is 0 Å². The van der Waals surface area contributed by atoms with Crippen molar-refractivity contribution < 1.29 is 5.11 Å². The molecule has 0 heterocycles. The summed E-state index contributed by atoms with van der Waals surface area (Å²) in [7, 11) is 1.75. The number of hydrogen-bond acceptors (Lipinski definition) is 2. The van der Waals surface area contributed by atoms with E-state index in [-0.39, 0.29) is 5.92 Å². The average Bonchev–Trinajstić information content (AvgIpc) is 2.17. The Kier molecular flexibility index (Phi) is 3.26. The Bertz CT molecular complexity index is 223. The molecule has 0 aliphatic rings. The number of aliphatic hydroxyl groups excluding tert-OH is 1. The quantitative estimate of drug-likeness (QED) is 0.662.